The number of hydrogen-bond acceptors (Lipinski definition) is 6. The Bertz CT molecular complexity index is 1290. The summed E-state index contributed by atoms with van der Waals surface area (Å²) in [4.78, 5) is 7.18. The summed E-state index contributed by atoms with van der Waals surface area (Å²) in [6, 6.07) is 6.74. The van der Waals surface area contributed by atoms with Crippen molar-refractivity contribution in [3.05, 3.63) is 65.0 Å². The third kappa shape index (κ3) is 4.17. The van der Waals surface area contributed by atoms with E-state index in [1.165, 1.54) is 0 Å². The van der Waals surface area contributed by atoms with Gasteiger partial charge in [0.05, 0.1) is 12.4 Å². The van der Waals surface area contributed by atoms with Crippen LogP contribution in [0.1, 0.15) is 46.9 Å². The van der Waals surface area contributed by atoms with Crippen LogP contribution in [0.15, 0.2) is 42.7 Å². The lowest BCUT2D eigenvalue weighted by molar-refractivity contribution is -0.138. The zero-order valence-corrected chi connectivity index (χ0v) is 17.8. The number of hydrogen-bond donors (Lipinski definition) is 2. The van der Waals surface area contributed by atoms with Gasteiger partial charge in [-0.2, -0.15) is 26.3 Å². The molecule has 3 unspecified atom stereocenters. The van der Waals surface area contributed by atoms with Crippen molar-refractivity contribution < 1.29 is 35.8 Å². The standard InChI is InChI=1S/C23H18F6N4O2/c24-22(25,26)17-6-11(8-32-20(17)30)34-10-1-2-13-14-3-4-15(16(13)5-10)19(14)35-12-7-18(23(27,28)29)21(31)33-9-12/h1-2,5-9,14-15,19H,3-4H2,(H2,30,32)(H2,31,33). The highest BCUT2D eigenvalue weighted by Gasteiger charge is 2.48. The van der Waals surface area contributed by atoms with Crippen molar-refractivity contribution in [3.8, 4) is 17.2 Å². The molecule has 6 nitrogen and oxygen atoms in total. The fraction of sp³-hybridized carbons (Fsp3) is 0.304. The Morgan fingerprint density at radius 3 is 1.86 bits per heavy atom. The summed E-state index contributed by atoms with van der Waals surface area (Å²) >= 11 is 0. The van der Waals surface area contributed by atoms with E-state index in [0.717, 1.165) is 48.5 Å². The van der Waals surface area contributed by atoms with Crippen molar-refractivity contribution in [2.75, 3.05) is 11.5 Å². The molecule has 1 fully saturated rings. The first-order valence-corrected chi connectivity index (χ1v) is 10.6. The van der Waals surface area contributed by atoms with Gasteiger partial charge in [0.25, 0.3) is 0 Å². The predicted octanol–water partition coefficient (Wildman–Crippen LogP) is 5.89. The predicted molar refractivity (Wildman–Crippen MR) is 113 cm³/mol. The molecule has 0 spiro atoms. The zero-order valence-electron chi connectivity index (χ0n) is 17.8. The molecule has 2 aliphatic rings. The second-order valence-corrected chi connectivity index (χ2v) is 8.47. The Balaban J connectivity index is 1.38. The summed E-state index contributed by atoms with van der Waals surface area (Å²) in [6.45, 7) is 0. The molecule has 0 radical (unpaired) electrons. The molecule has 12 heteroatoms. The molecule has 3 atom stereocenters. The molecule has 2 aliphatic carbocycles. The van der Waals surface area contributed by atoms with Gasteiger partial charge in [-0.25, -0.2) is 9.97 Å². The van der Waals surface area contributed by atoms with Crippen LogP contribution in [-0.2, 0) is 12.4 Å². The van der Waals surface area contributed by atoms with Crippen LogP contribution in [0.25, 0.3) is 0 Å². The normalized spacial score (nSPS) is 21.1. The van der Waals surface area contributed by atoms with Crippen molar-refractivity contribution >= 4 is 11.6 Å². The first-order chi connectivity index (χ1) is 16.4. The molecule has 2 aromatic heterocycles. The number of rotatable bonds is 4. The fourth-order valence-electron chi connectivity index (χ4n) is 4.85. The van der Waals surface area contributed by atoms with Gasteiger partial charge < -0.3 is 20.9 Å². The molecule has 4 N–H and O–H groups in total. The minimum Gasteiger partial charge on any atom is -0.488 e. The third-order valence-electron chi connectivity index (χ3n) is 6.34. The van der Waals surface area contributed by atoms with E-state index < -0.39 is 41.2 Å². The Morgan fingerprint density at radius 2 is 1.26 bits per heavy atom. The van der Waals surface area contributed by atoms with Gasteiger partial charge in [-0.15, -0.1) is 0 Å². The summed E-state index contributed by atoms with van der Waals surface area (Å²) in [7, 11) is 0. The molecule has 2 bridgehead atoms. The number of nitrogens with two attached hydrogens (primary N) is 2. The van der Waals surface area contributed by atoms with Crippen molar-refractivity contribution in [2.45, 2.75) is 43.1 Å². The van der Waals surface area contributed by atoms with E-state index in [2.05, 4.69) is 9.97 Å². The summed E-state index contributed by atoms with van der Waals surface area (Å²) < 4.78 is 90.5. The van der Waals surface area contributed by atoms with Gasteiger partial charge in [-0.05, 0) is 48.2 Å². The number of alkyl halides is 6. The maximum Gasteiger partial charge on any atom is 0.420 e. The first kappa shape index (κ1) is 23.1. The Kier molecular flexibility index (Phi) is 5.22. The Labute approximate surface area is 194 Å². The molecule has 2 heterocycles. The van der Waals surface area contributed by atoms with E-state index in [0.29, 0.717) is 5.75 Å². The van der Waals surface area contributed by atoms with Gasteiger partial charge in [0, 0.05) is 11.8 Å². The average molecular weight is 496 g/mol. The number of halogens is 6. The highest BCUT2D eigenvalue weighted by Crippen LogP contribution is 2.55. The van der Waals surface area contributed by atoms with Gasteiger partial charge in [0.2, 0.25) is 0 Å². The van der Waals surface area contributed by atoms with Gasteiger partial charge in [0.15, 0.2) is 0 Å². The minimum atomic E-state index is -4.68. The molecule has 5 rings (SSSR count). The highest BCUT2D eigenvalue weighted by molar-refractivity contribution is 5.51. The van der Waals surface area contributed by atoms with Crippen LogP contribution < -0.4 is 20.9 Å². The van der Waals surface area contributed by atoms with Crippen molar-refractivity contribution in [3.63, 3.8) is 0 Å². The summed E-state index contributed by atoms with van der Waals surface area (Å²) in [5.41, 5.74) is 10.4. The van der Waals surface area contributed by atoms with Crippen molar-refractivity contribution in [1.29, 1.82) is 0 Å². The van der Waals surface area contributed by atoms with Gasteiger partial charge in [0.1, 0.15) is 46.1 Å². The van der Waals surface area contributed by atoms with E-state index in [4.69, 9.17) is 20.9 Å². The lowest BCUT2D eigenvalue weighted by atomic mass is 9.92. The smallest absolute Gasteiger partial charge is 0.420 e. The molecule has 35 heavy (non-hydrogen) atoms. The molecule has 184 valence electrons. The summed E-state index contributed by atoms with van der Waals surface area (Å²) in [5, 5.41) is 0. The molecule has 0 amide bonds. The number of ether oxygens (including phenoxy) is 2. The first-order valence-electron chi connectivity index (χ1n) is 10.6. The van der Waals surface area contributed by atoms with E-state index in [9.17, 15) is 26.3 Å². The molecular weight excluding hydrogens is 478 g/mol. The SMILES string of the molecule is Nc1ncc(Oc2ccc3c(c2)C2CCC3C2Oc2cnc(N)c(C(F)(F)F)c2)cc1C(F)(F)F. The van der Waals surface area contributed by atoms with E-state index in [1.54, 1.807) is 18.2 Å². The second kappa shape index (κ2) is 7.92. The van der Waals surface area contributed by atoms with Crippen LogP contribution in [0.4, 0.5) is 38.0 Å². The van der Waals surface area contributed by atoms with E-state index >= 15 is 0 Å². The number of benzene rings is 1. The maximum absolute atomic E-state index is 13.2. The van der Waals surface area contributed by atoms with Crippen LogP contribution in [0.5, 0.6) is 17.2 Å². The zero-order chi connectivity index (χ0) is 25.1. The third-order valence-corrected chi connectivity index (χ3v) is 6.34. The van der Waals surface area contributed by atoms with Crippen LogP contribution in [0.3, 0.4) is 0 Å². The number of fused-ring (bicyclic) bond motifs is 5. The number of aromatic nitrogens is 2. The topological polar surface area (TPSA) is 96.3 Å². The maximum atomic E-state index is 13.2. The van der Waals surface area contributed by atoms with E-state index in [1.807, 2.05) is 0 Å². The highest BCUT2D eigenvalue weighted by atomic mass is 19.4. The quantitative estimate of drug-likeness (QED) is 0.437. The molecular formula is C23H18F6N4O2. The minimum absolute atomic E-state index is 0.0367. The number of nitrogen functional groups attached to an aromatic ring is 2. The van der Waals surface area contributed by atoms with Gasteiger partial charge >= 0.3 is 12.4 Å². The van der Waals surface area contributed by atoms with Crippen molar-refractivity contribution in [2.24, 2.45) is 0 Å². The molecule has 0 saturated heterocycles. The van der Waals surface area contributed by atoms with Crippen LogP contribution in [0.2, 0.25) is 0 Å². The molecule has 0 aliphatic heterocycles. The van der Waals surface area contributed by atoms with Crippen molar-refractivity contribution in [1.82, 2.24) is 9.97 Å². The van der Waals surface area contributed by atoms with Gasteiger partial charge in [-0.3, -0.25) is 0 Å². The fourth-order valence-corrected chi connectivity index (χ4v) is 4.85. The Hall–Kier alpha value is -3.70. The van der Waals surface area contributed by atoms with Gasteiger partial charge in [-0.1, -0.05) is 6.07 Å². The largest absolute Gasteiger partial charge is 0.488 e. The second-order valence-electron chi connectivity index (χ2n) is 8.47. The van der Waals surface area contributed by atoms with Crippen LogP contribution >= 0.6 is 0 Å². The number of pyridine rings is 2. The number of nitrogens with zero attached hydrogens (tertiary/aromatic N) is 2. The monoisotopic (exact) mass is 496 g/mol. The average Bonchev–Trinajstić information content (AvgIpc) is 3.30. The summed E-state index contributed by atoms with van der Waals surface area (Å²) in [6.07, 6.45) is -5.97. The summed E-state index contributed by atoms with van der Waals surface area (Å²) in [5.74, 6) is -1.33. The van der Waals surface area contributed by atoms with E-state index in [-0.39, 0.29) is 23.3 Å². The molecule has 1 saturated carbocycles. The molecule has 1 aromatic carbocycles. The number of anilines is 2. The van der Waals surface area contributed by atoms with Crippen LogP contribution in [-0.4, -0.2) is 16.1 Å². The Morgan fingerprint density at radius 1 is 0.714 bits per heavy atom. The molecule has 3 aromatic rings. The van der Waals surface area contributed by atoms with Crippen LogP contribution in [0, 0.1) is 0 Å². The lowest BCUT2D eigenvalue weighted by Crippen LogP contribution is -2.20. The lowest BCUT2D eigenvalue weighted by Gasteiger charge is -2.19.